The van der Waals surface area contributed by atoms with Crippen LogP contribution in [0.5, 0.6) is 11.6 Å². The second-order valence-corrected chi connectivity index (χ2v) is 10.3. The molecule has 2 aromatic heterocycles. The Balaban J connectivity index is 1.31. The number of Topliss-reactive ketones (excluding diaryl/α,β-unsaturated/α-hetero) is 2. The van der Waals surface area contributed by atoms with Gasteiger partial charge in [0.2, 0.25) is 5.88 Å². The number of ether oxygens (including phenoxy) is 2. The summed E-state index contributed by atoms with van der Waals surface area (Å²) in [6.07, 6.45) is 3.51. The Kier molecular flexibility index (Phi) is 8.36. The largest absolute Gasteiger partial charge is 0.489 e. The van der Waals surface area contributed by atoms with Crippen LogP contribution < -0.4 is 14.4 Å². The number of rotatable bonds is 11. The normalized spacial score (nSPS) is 16.1. The molecule has 1 aromatic carbocycles. The van der Waals surface area contributed by atoms with Crippen LogP contribution in [0.1, 0.15) is 65.5 Å². The molecule has 4 rings (SSSR count). The third-order valence-electron chi connectivity index (χ3n) is 6.26. The lowest BCUT2D eigenvalue weighted by atomic mass is 9.95. The first-order valence-corrected chi connectivity index (χ1v) is 13.2. The van der Waals surface area contributed by atoms with Crippen LogP contribution in [0.15, 0.2) is 42.6 Å². The van der Waals surface area contributed by atoms with Gasteiger partial charge in [-0.05, 0) is 50.5 Å². The number of aromatic nitrogens is 2. The molecule has 0 radical (unpaired) electrons. The van der Waals surface area contributed by atoms with Crippen molar-refractivity contribution < 1.29 is 19.1 Å². The van der Waals surface area contributed by atoms with E-state index in [1.54, 1.807) is 6.20 Å². The van der Waals surface area contributed by atoms with Gasteiger partial charge in [0.05, 0.1) is 30.1 Å². The van der Waals surface area contributed by atoms with Crippen LogP contribution >= 0.6 is 11.3 Å². The van der Waals surface area contributed by atoms with E-state index in [0.717, 1.165) is 36.5 Å². The SMILES string of the molecule is CCOc1cc(N2CC[C@@H](Oc3ccc([C@H](C)CC(=O)c4sc(CC(C)=O)nc4C)cc3)C2)ccn1. The minimum Gasteiger partial charge on any atom is -0.489 e. The molecule has 0 N–H and O–H groups in total. The van der Waals surface area contributed by atoms with Crippen LogP contribution in [0.3, 0.4) is 0 Å². The Bertz CT molecular complexity index is 1210. The molecule has 0 saturated carbocycles. The summed E-state index contributed by atoms with van der Waals surface area (Å²) in [7, 11) is 0. The monoisotopic (exact) mass is 507 g/mol. The number of thiazole rings is 1. The summed E-state index contributed by atoms with van der Waals surface area (Å²) < 4.78 is 11.8. The molecular formula is C28H33N3O4S. The molecule has 36 heavy (non-hydrogen) atoms. The summed E-state index contributed by atoms with van der Waals surface area (Å²) in [5.74, 6) is 1.67. The quantitative estimate of drug-likeness (QED) is 0.321. The smallest absolute Gasteiger partial charge is 0.215 e. The molecular weight excluding hydrogens is 474 g/mol. The highest BCUT2D eigenvalue weighted by Gasteiger charge is 2.25. The molecule has 1 aliphatic rings. The fraction of sp³-hybridized carbons (Fsp3) is 0.429. The van der Waals surface area contributed by atoms with Crippen molar-refractivity contribution in [3.05, 3.63) is 63.7 Å². The van der Waals surface area contributed by atoms with Crippen molar-refractivity contribution in [1.82, 2.24) is 9.97 Å². The van der Waals surface area contributed by atoms with E-state index in [1.165, 1.54) is 18.3 Å². The number of anilines is 1. The fourth-order valence-electron chi connectivity index (χ4n) is 4.44. The van der Waals surface area contributed by atoms with Crippen LogP contribution in [0.25, 0.3) is 0 Å². The number of pyridine rings is 1. The highest BCUT2D eigenvalue weighted by molar-refractivity contribution is 7.14. The molecule has 190 valence electrons. The number of ketones is 2. The maximum absolute atomic E-state index is 12.9. The maximum Gasteiger partial charge on any atom is 0.215 e. The van der Waals surface area contributed by atoms with Gasteiger partial charge < -0.3 is 14.4 Å². The number of nitrogens with zero attached hydrogens (tertiary/aromatic N) is 3. The highest BCUT2D eigenvalue weighted by atomic mass is 32.1. The van der Waals surface area contributed by atoms with Crippen molar-refractivity contribution in [3.63, 3.8) is 0 Å². The van der Waals surface area contributed by atoms with E-state index >= 15 is 0 Å². The zero-order chi connectivity index (χ0) is 25.7. The summed E-state index contributed by atoms with van der Waals surface area (Å²) in [5.41, 5.74) is 2.90. The lowest BCUT2D eigenvalue weighted by Gasteiger charge is -2.19. The molecule has 2 atom stereocenters. The van der Waals surface area contributed by atoms with Crippen molar-refractivity contribution in [2.75, 3.05) is 24.6 Å². The van der Waals surface area contributed by atoms with Crippen LogP contribution in [-0.4, -0.2) is 47.3 Å². The van der Waals surface area contributed by atoms with E-state index in [1.807, 2.05) is 50.2 Å². The van der Waals surface area contributed by atoms with E-state index in [0.29, 0.717) is 34.5 Å². The fourth-order valence-corrected chi connectivity index (χ4v) is 5.52. The van der Waals surface area contributed by atoms with Gasteiger partial charge in [0, 0.05) is 37.3 Å². The van der Waals surface area contributed by atoms with Gasteiger partial charge in [-0.1, -0.05) is 19.1 Å². The van der Waals surface area contributed by atoms with E-state index in [4.69, 9.17) is 9.47 Å². The van der Waals surface area contributed by atoms with Gasteiger partial charge in [0.25, 0.3) is 0 Å². The molecule has 3 heterocycles. The molecule has 0 bridgehead atoms. The van der Waals surface area contributed by atoms with Crippen molar-refractivity contribution in [2.45, 2.75) is 59.0 Å². The lowest BCUT2D eigenvalue weighted by molar-refractivity contribution is -0.116. The van der Waals surface area contributed by atoms with Gasteiger partial charge in [0.15, 0.2) is 5.78 Å². The van der Waals surface area contributed by atoms with Gasteiger partial charge in [-0.3, -0.25) is 9.59 Å². The van der Waals surface area contributed by atoms with Crippen molar-refractivity contribution >= 4 is 28.6 Å². The summed E-state index contributed by atoms with van der Waals surface area (Å²) in [6, 6.07) is 12.0. The molecule has 0 unspecified atom stereocenters. The van der Waals surface area contributed by atoms with Gasteiger partial charge >= 0.3 is 0 Å². The maximum atomic E-state index is 12.9. The standard InChI is InChI=1S/C28H33N3O4S/c1-5-34-26-16-22(10-12-29-26)31-13-11-24(17-31)35-23-8-6-21(7-9-23)18(2)14-25(33)28-20(4)30-27(36-28)15-19(3)32/h6-10,12,16,18,24H,5,11,13-15,17H2,1-4H3/t18-,24-/m1/s1. The van der Waals surface area contributed by atoms with Crippen molar-refractivity contribution in [2.24, 2.45) is 0 Å². The first-order valence-electron chi connectivity index (χ1n) is 12.4. The Morgan fingerprint density at radius 3 is 2.72 bits per heavy atom. The molecule has 0 aliphatic carbocycles. The van der Waals surface area contributed by atoms with Gasteiger partial charge in [-0.25, -0.2) is 9.97 Å². The predicted octanol–water partition coefficient (Wildman–Crippen LogP) is 5.41. The average molecular weight is 508 g/mol. The molecule has 1 saturated heterocycles. The number of hydrogen-bond donors (Lipinski definition) is 0. The van der Waals surface area contributed by atoms with Crippen LogP contribution in [-0.2, 0) is 11.2 Å². The Morgan fingerprint density at radius 1 is 1.22 bits per heavy atom. The molecule has 1 aliphatic heterocycles. The summed E-state index contributed by atoms with van der Waals surface area (Å²) >= 11 is 1.34. The van der Waals surface area contributed by atoms with E-state index < -0.39 is 0 Å². The predicted molar refractivity (Wildman–Crippen MR) is 142 cm³/mol. The third-order valence-corrected chi connectivity index (χ3v) is 7.46. The average Bonchev–Trinajstić information content (AvgIpc) is 3.46. The molecule has 1 fully saturated rings. The van der Waals surface area contributed by atoms with E-state index in [2.05, 4.69) is 21.8 Å². The second kappa shape index (κ2) is 11.6. The van der Waals surface area contributed by atoms with Gasteiger partial charge in [-0.15, -0.1) is 11.3 Å². The van der Waals surface area contributed by atoms with Crippen molar-refractivity contribution in [3.8, 4) is 11.6 Å². The van der Waals surface area contributed by atoms with Crippen LogP contribution in [0.4, 0.5) is 5.69 Å². The van der Waals surface area contributed by atoms with Crippen molar-refractivity contribution in [1.29, 1.82) is 0 Å². The third kappa shape index (κ3) is 6.49. The van der Waals surface area contributed by atoms with Crippen LogP contribution in [0.2, 0.25) is 0 Å². The Hall–Kier alpha value is -3.26. The lowest BCUT2D eigenvalue weighted by Crippen LogP contribution is -2.24. The zero-order valence-electron chi connectivity index (χ0n) is 21.3. The van der Waals surface area contributed by atoms with Gasteiger partial charge in [0.1, 0.15) is 22.6 Å². The molecule has 0 amide bonds. The first kappa shape index (κ1) is 25.8. The number of hydrogen-bond acceptors (Lipinski definition) is 8. The second-order valence-electron chi connectivity index (χ2n) is 9.26. The number of carbonyl (C=O) groups is 2. The summed E-state index contributed by atoms with van der Waals surface area (Å²) in [5, 5.41) is 0.710. The molecule has 0 spiro atoms. The molecule has 7 nitrogen and oxygen atoms in total. The first-order chi connectivity index (χ1) is 17.3. The minimum atomic E-state index is 0.0526. The minimum absolute atomic E-state index is 0.0526. The number of carbonyl (C=O) groups excluding carboxylic acids is 2. The highest BCUT2D eigenvalue weighted by Crippen LogP contribution is 2.29. The summed E-state index contributed by atoms with van der Waals surface area (Å²) in [6.45, 7) is 9.70. The zero-order valence-corrected chi connectivity index (χ0v) is 22.1. The molecule has 3 aromatic rings. The Labute approximate surface area is 216 Å². The van der Waals surface area contributed by atoms with E-state index in [-0.39, 0.29) is 30.0 Å². The number of aryl methyl sites for hydroxylation is 1. The number of benzene rings is 1. The van der Waals surface area contributed by atoms with Crippen LogP contribution in [0, 0.1) is 6.92 Å². The van der Waals surface area contributed by atoms with E-state index in [9.17, 15) is 9.59 Å². The topological polar surface area (TPSA) is 81.6 Å². The molecule has 8 heteroatoms. The summed E-state index contributed by atoms with van der Waals surface area (Å²) in [4.78, 5) is 35.9. The van der Waals surface area contributed by atoms with Gasteiger partial charge in [-0.2, -0.15) is 0 Å². The Morgan fingerprint density at radius 2 is 2.00 bits per heavy atom.